The number of nitrogens with one attached hydrogen (secondary N) is 2. The zero-order valence-corrected chi connectivity index (χ0v) is 17.3. The second-order valence-electron chi connectivity index (χ2n) is 7.70. The second kappa shape index (κ2) is 8.14. The number of aromatic nitrogens is 2. The Morgan fingerprint density at radius 1 is 1.13 bits per heavy atom. The van der Waals surface area contributed by atoms with Gasteiger partial charge in [0.15, 0.2) is 5.78 Å². The molecule has 0 spiro atoms. The number of benzene rings is 2. The van der Waals surface area contributed by atoms with Crippen molar-refractivity contribution in [1.82, 2.24) is 9.97 Å². The highest BCUT2D eigenvalue weighted by Crippen LogP contribution is 2.43. The van der Waals surface area contributed by atoms with Crippen molar-refractivity contribution in [1.29, 1.82) is 0 Å². The first-order valence-electron chi connectivity index (χ1n) is 10.2. The second-order valence-corrected chi connectivity index (χ2v) is 7.70. The lowest BCUT2D eigenvalue weighted by molar-refractivity contribution is 0.0522. The normalized spacial score (nSPS) is 18.1. The minimum absolute atomic E-state index is 0.125. The number of ketones is 1. The van der Waals surface area contributed by atoms with E-state index in [2.05, 4.69) is 15.3 Å². The first-order valence-corrected chi connectivity index (χ1v) is 10.2. The number of hydrogen-bond acceptors (Lipinski definition) is 5. The third-order valence-corrected chi connectivity index (χ3v) is 5.39. The van der Waals surface area contributed by atoms with E-state index in [0.29, 0.717) is 11.3 Å². The Labute approximate surface area is 175 Å². The van der Waals surface area contributed by atoms with E-state index in [-0.39, 0.29) is 29.9 Å². The molecule has 2 heterocycles. The van der Waals surface area contributed by atoms with E-state index < -0.39 is 11.9 Å². The number of carbonyl (C=O) groups excluding carboxylic acids is 2. The molecule has 30 heavy (non-hydrogen) atoms. The van der Waals surface area contributed by atoms with Gasteiger partial charge in [-0.15, -0.1) is 0 Å². The molecular weight excluding hydrogens is 378 g/mol. The van der Waals surface area contributed by atoms with Crippen LogP contribution in [0.15, 0.2) is 54.7 Å². The molecule has 2 aromatic carbocycles. The lowest BCUT2D eigenvalue weighted by Gasteiger charge is -2.34. The number of esters is 1. The molecule has 4 rings (SSSR count). The molecule has 2 N–H and O–H groups in total. The van der Waals surface area contributed by atoms with Crippen molar-refractivity contribution in [3.8, 4) is 0 Å². The Balaban J connectivity index is 1.86. The van der Waals surface area contributed by atoms with E-state index in [1.165, 1.54) is 0 Å². The lowest BCUT2D eigenvalue weighted by Crippen LogP contribution is -2.33. The predicted molar refractivity (Wildman–Crippen MR) is 115 cm³/mol. The largest absolute Gasteiger partial charge is 0.462 e. The van der Waals surface area contributed by atoms with Gasteiger partial charge in [-0.25, -0.2) is 9.78 Å². The molecule has 1 aromatic heterocycles. The number of H-pyrrole nitrogens is 1. The topological polar surface area (TPSA) is 84.1 Å². The van der Waals surface area contributed by atoms with E-state index in [1.807, 2.05) is 50.2 Å². The molecule has 0 fully saturated rings. The number of ether oxygens (including phenoxy) is 1. The third-order valence-electron chi connectivity index (χ3n) is 5.39. The van der Waals surface area contributed by atoms with Crippen molar-refractivity contribution in [3.05, 3.63) is 82.9 Å². The Hall–Kier alpha value is -3.41. The lowest BCUT2D eigenvalue weighted by atomic mass is 9.79. The van der Waals surface area contributed by atoms with Gasteiger partial charge in [0.2, 0.25) is 0 Å². The highest BCUT2D eigenvalue weighted by Gasteiger charge is 2.40. The monoisotopic (exact) mass is 403 g/mol. The number of Topliss-reactive ketones (excluding diaryl/α,β-unsaturated/α-hetero) is 1. The van der Waals surface area contributed by atoms with Gasteiger partial charge >= 0.3 is 5.97 Å². The summed E-state index contributed by atoms with van der Waals surface area (Å²) in [5.41, 5.74) is 3.01. The maximum atomic E-state index is 13.8. The van der Waals surface area contributed by atoms with Crippen molar-refractivity contribution < 1.29 is 14.3 Å². The molecule has 0 saturated heterocycles. The van der Waals surface area contributed by atoms with E-state index >= 15 is 0 Å². The van der Waals surface area contributed by atoms with Crippen LogP contribution < -0.4 is 5.32 Å². The van der Waals surface area contributed by atoms with Gasteiger partial charge < -0.3 is 15.0 Å². The van der Waals surface area contributed by atoms with Crippen LogP contribution >= 0.6 is 0 Å². The van der Waals surface area contributed by atoms with Gasteiger partial charge in [0, 0.05) is 23.5 Å². The molecule has 2 atom stereocenters. The van der Waals surface area contributed by atoms with Crippen molar-refractivity contribution in [2.45, 2.75) is 38.6 Å². The summed E-state index contributed by atoms with van der Waals surface area (Å²) in [4.78, 5) is 34.1. The number of nitrogens with zero attached hydrogens (tertiary/aromatic N) is 1. The summed E-state index contributed by atoms with van der Waals surface area (Å²) in [6.45, 7) is 6.09. The average Bonchev–Trinajstić information content (AvgIpc) is 3.24. The van der Waals surface area contributed by atoms with Gasteiger partial charge in [-0.2, -0.15) is 0 Å². The number of imidazole rings is 1. The molecular formula is C24H25N3O3. The Morgan fingerprint density at radius 3 is 2.57 bits per heavy atom. The molecule has 0 saturated carbocycles. The fraction of sp³-hybridized carbons (Fsp3) is 0.292. The summed E-state index contributed by atoms with van der Waals surface area (Å²) >= 11 is 0. The van der Waals surface area contributed by atoms with Crippen LogP contribution in [-0.2, 0) is 4.74 Å². The Morgan fingerprint density at radius 2 is 1.90 bits per heavy atom. The average molecular weight is 403 g/mol. The third kappa shape index (κ3) is 3.49. The van der Waals surface area contributed by atoms with Crippen molar-refractivity contribution in [2.24, 2.45) is 0 Å². The Kier molecular flexibility index (Phi) is 5.40. The van der Waals surface area contributed by atoms with Crippen molar-refractivity contribution >= 4 is 17.4 Å². The van der Waals surface area contributed by atoms with Crippen LogP contribution in [0.5, 0.6) is 0 Å². The highest BCUT2D eigenvalue weighted by atomic mass is 16.5. The van der Waals surface area contributed by atoms with Gasteiger partial charge in [0.1, 0.15) is 5.82 Å². The number of carbonyl (C=O) groups is 2. The summed E-state index contributed by atoms with van der Waals surface area (Å²) < 4.78 is 5.19. The minimum Gasteiger partial charge on any atom is -0.462 e. The molecule has 0 bridgehead atoms. The van der Waals surface area contributed by atoms with Crippen LogP contribution in [0, 0.1) is 0 Å². The van der Waals surface area contributed by atoms with Crippen LogP contribution in [0.1, 0.15) is 76.4 Å². The number of rotatable bonds is 5. The van der Waals surface area contributed by atoms with Crippen molar-refractivity contribution in [3.63, 3.8) is 0 Å². The quantitative estimate of drug-likeness (QED) is 0.595. The summed E-state index contributed by atoms with van der Waals surface area (Å²) in [5.74, 6) is -0.123. The van der Waals surface area contributed by atoms with Crippen LogP contribution in [0.2, 0.25) is 0 Å². The Bertz CT molecular complexity index is 1070. The number of aromatic amines is 1. The zero-order chi connectivity index (χ0) is 21.3. The van der Waals surface area contributed by atoms with Crippen LogP contribution in [0.25, 0.3) is 0 Å². The molecule has 6 heteroatoms. The molecule has 3 aromatic rings. The first-order chi connectivity index (χ1) is 14.5. The maximum absolute atomic E-state index is 13.8. The zero-order valence-electron chi connectivity index (χ0n) is 17.3. The summed E-state index contributed by atoms with van der Waals surface area (Å²) in [7, 11) is 0. The van der Waals surface area contributed by atoms with Crippen LogP contribution in [0.4, 0.5) is 5.69 Å². The molecule has 154 valence electrons. The number of hydrogen-bond donors (Lipinski definition) is 2. The summed E-state index contributed by atoms with van der Waals surface area (Å²) in [6.07, 6.45) is 1.73. The maximum Gasteiger partial charge on any atom is 0.338 e. The molecule has 1 aliphatic rings. The molecule has 0 radical (unpaired) electrons. The van der Waals surface area contributed by atoms with Crippen LogP contribution in [0.3, 0.4) is 0 Å². The highest BCUT2D eigenvalue weighted by molar-refractivity contribution is 6.14. The van der Waals surface area contributed by atoms with Gasteiger partial charge in [0.25, 0.3) is 0 Å². The number of anilines is 1. The van der Waals surface area contributed by atoms with Crippen molar-refractivity contribution in [2.75, 3.05) is 11.9 Å². The van der Waals surface area contributed by atoms with E-state index in [9.17, 15) is 9.59 Å². The molecule has 6 nitrogen and oxygen atoms in total. The van der Waals surface area contributed by atoms with E-state index in [0.717, 1.165) is 17.1 Å². The fourth-order valence-corrected chi connectivity index (χ4v) is 3.93. The molecule has 0 amide bonds. The van der Waals surface area contributed by atoms with Crippen LogP contribution in [-0.4, -0.2) is 28.3 Å². The minimum atomic E-state index is -0.546. The standard InChI is InChI=1S/C24H25N3O3/c1-4-30-24(29)16-11-8-12-17-19(16)22(28)20(18-13-25-23(27-18)14(2)3)21(26-17)15-9-6-5-7-10-15/h5-14,20-21,26H,4H2,1-3H3,(H,25,27). The van der Waals surface area contributed by atoms with E-state index in [4.69, 9.17) is 4.74 Å². The number of fused-ring (bicyclic) bond motifs is 1. The molecule has 2 unspecified atom stereocenters. The first kappa shape index (κ1) is 19.9. The van der Waals surface area contributed by atoms with Gasteiger partial charge in [0.05, 0.1) is 29.7 Å². The van der Waals surface area contributed by atoms with E-state index in [1.54, 1.807) is 25.3 Å². The molecule has 0 aliphatic carbocycles. The molecule has 1 aliphatic heterocycles. The summed E-state index contributed by atoms with van der Waals surface area (Å²) in [5, 5.41) is 3.49. The smallest absolute Gasteiger partial charge is 0.338 e. The fourth-order valence-electron chi connectivity index (χ4n) is 3.93. The summed E-state index contributed by atoms with van der Waals surface area (Å²) in [6, 6.07) is 14.8. The predicted octanol–water partition coefficient (Wildman–Crippen LogP) is 4.84. The SMILES string of the molecule is CCOC(=O)c1cccc2c1C(=O)C(c1cnc(C(C)C)[nH]1)C(c1ccccc1)N2. The van der Waals surface area contributed by atoms with Gasteiger partial charge in [-0.05, 0) is 24.6 Å². The van der Waals surface area contributed by atoms with Gasteiger partial charge in [-0.1, -0.05) is 50.2 Å². The van der Waals surface area contributed by atoms with Gasteiger partial charge in [-0.3, -0.25) is 4.79 Å².